The molecule has 1 heterocycles. The van der Waals surface area contributed by atoms with Crippen molar-refractivity contribution in [1.29, 1.82) is 0 Å². The van der Waals surface area contributed by atoms with E-state index in [9.17, 15) is 9.18 Å². The van der Waals surface area contributed by atoms with Crippen molar-refractivity contribution in [1.82, 2.24) is 10.2 Å². The summed E-state index contributed by atoms with van der Waals surface area (Å²) in [6.07, 6.45) is 7.26. The average Bonchev–Trinajstić information content (AvgIpc) is 2.84. The molecule has 2 fully saturated rings. The van der Waals surface area contributed by atoms with Gasteiger partial charge in [-0.25, -0.2) is 9.18 Å². The van der Waals surface area contributed by atoms with Gasteiger partial charge < -0.3 is 15.1 Å². The van der Waals surface area contributed by atoms with Crippen LogP contribution in [-0.4, -0.2) is 43.2 Å². The third-order valence-electron chi connectivity index (χ3n) is 4.94. The maximum Gasteiger partial charge on any atom is 0.317 e. The van der Waals surface area contributed by atoms with Gasteiger partial charge in [-0.2, -0.15) is 0 Å². The third kappa shape index (κ3) is 4.36. The van der Waals surface area contributed by atoms with Crippen LogP contribution < -0.4 is 10.2 Å². The summed E-state index contributed by atoms with van der Waals surface area (Å²) < 4.78 is 13.0. The molecule has 0 unspecified atom stereocenters. The molecular weight excluding hydrogens is 293 g/mol. The number of nitrogens with zero attached hydrogens (tertiary/aromatic N) is 2. The fraction of sp³-hybridized carbons (Fsp3) is 0.611. The minimum atomic E-state index is -0.213. The van der Waals surface area contributed by atoms with Crippen molar-refractivity contribution >= 4 is 11.7 Å². The van der Waals surface area contributed by atoms with Gasteiger partial charge in [-0.3, -0.25) is 0 Å². The van der Waals surface area contributed by atoms with Crippen LogP contribution in [0.1, 0.15) is 38.5 Å². The topological polar surface area (TPSA) is 35.6 Å². The summed E-state index contributed by atoms with van der Waals surface area (Å²) in [6, 6.07) is 7.00. The molecule has 1 aromatic carbocycles. The first-order chi connectivity index (χ1) is 11.2. The van der Waals surface area contributed by atoms with E-state index in [2.05, 4.69) is 10.2 Å². The number of urea groups is 1. The molecule has 1 N–H and O–H groups in total. The van der Waals surface area contributed by atoms with Gasteiger partial charge in [0.05, 0.1) is 0 Å². The van der Waals surface area contributed by atoms with E-state index in [4.69, 9.17) is 0 Å². The molecular formula is C18H26FN3O. The van der Waals surface area contributed by atoms with Crippen LogP contribution in [0.4, 0.5) is 14.9 Å². The highest BCUT2D eigenvalue weighted by Gasteiger charge is 2.23. The lowest BCUT2D eigenvalue weighted by molar-refractivity contribution is 0.189. The van der Waals surface area contributed by atoms with Gasteiger partial charge in [-0.15, -0.1) is 0 Å². The normalized spacial score (nSPS) is 20.2. The van der Waals surface area contributed by atoms with Gasteiger partial charge in [0.2, 0.25) is 0 Å². The third-order valence-corrected chi connectivity index (χ3v) is 4.94. The number of carbonyl (C=O) groups excluding carboxylic acids is 1. The molecule has 5 heteroatoms. The lowest BCUT2D eigenvalue weighted by Gasteiger charge is -2.36. The van der Waals surface area contributed by atoms with Crippen molar-refractivity contribution in [2.75, 3.05) is 31.1 Å². The molecule has 2 aliphatic rings. The van der Waals surface area contributed by atoms with Gasteiger partial charge in [0.25, 0.3) is 0 Å². The second-order valence-electron chi connectivity index (χ2n) is 6.59. The van der Waals surface area contributed by atoms with Crippen LogP contribution in [0.25, 0.3) is 0 Å². The highest BCUT2D eigenvalue weighted by atomic mass is 19.1. The molecule has 0 radical (unpaired) electrons. The summed E-state index contributed by atoms with van der Waals surface area (Å²) in [4.78, 5) is 16.5. The van der Waals surface area contributed by atoms with E-state index in [0.717, 1.165) is 44.7 Å². The standard InChI is InChI=1S/C18H26FN3O/c19-15-7-9-17(10-8-15)21-11-13-22(14-12-21)18(23)20-16-5-3-1-2-4-6-16/h7-10,16H,1-6,11-14H2,(H,20,23). The molecule has 1 aliphatic heterocycles. The summed E-state index contributed by atoms with van der Waals surface area (Å²) in [5.74, 6) is -0.213. The summed E-state index contributed by atoms with van der Waals surface area (Å²) >= 11 is 0. The van der Waals surface area contributed by atoms with Crippen LogP contribution in [0.3, 0.4) is 0 Å². The van der Waals surface area contributed by atoms with E-state index >= 15 is 0 Å². The molecule has 1 aliphatic carbocycles. The SMILES string of the molecule is O=C(NC1CCCCCC1)N1CCN(c2ccc(F)cc2)CC1. The lowest BCUT2D eigenvalue weighted by atomic mass is 10.1. The van der Waals surface area contributed by atoms with Crippen LogP contribution in [0.15, 0.2) is 24.3 Å². The number of hydrogen-bond donors (Lipinski definition) is 1. The first-order valence-corrected chi connectivity index (χ1v) is 8.78. The number of nitrogens with one attached hydrogen (secondary N) is 1. The highest BCUT2D eigenvalue weighted by molar-refractivity contribution is 5.75. The van der Waals surface area contributed by atoms with E-state index in [1.807, 2.05) is 4.90 Å². The number of amides is 2. The van der Waals surface area contributed by atoms with Crippen LogP contribution >= 0.6 is 0 Å². The summed E-state index contributed by atoms with van der Waals surface area (Å²) in [5, 5.41) is 3.21. The van der Waals surface area contributed by atoms with Crippen molar-refractivity contribution in [3.8, 4) is 0 Å². The second-order valence-corrected chi connectivity index (χ2v) is 6.59. The smallest absolute Gasteiger partial charge is 0.317 e. The summed E-state index contributed by atoms with van der Waals surface area (Å²) in [6.45, 7) is 3.03. The minimum absolute atomic E-state index is 0.0793. The van der Waals surface area contributed by atoms with Crippen molar-refractivity contribution < 1.29 is 9.18 Å². The maximum absolute atomic E-state index is 13.0. The maximum atomic E-state index is 13.0. The molecule has 0 bridgehead atoms. The Balaban J connectivity index is 1.48. The Hall–Kier alpha value is -1.78. The van der Waals surface area contributed by atoms with Crippen molar-refractivity contribution in [3.63, 3.8) is 0 Å². The van der Waals surface area contributed by atoms with Gasteiger partial charge in [0.1, 0.15) is 5.82 Å². The van der Waals surface area contributed by atoms with E-state index in [1.165, 1.54) is 37.8 Å². The molecule has 4 nitrogen and oxygen atoms in total. The first-order valence-electron chi connectivity index (χ1n) is 8.78. The summed E-state index contributed by atoms with van der Waals surface area (Å²) in [7, 11) is 0. The van der Waals surface area contributed by atoms with Crippen LogP contribution in [0.5, 0.6) is 0 Å². The highest BCUT2D eigenvalue weighted by Crippen LogP contribution is 2.19. The molecule has 23 heavy (non-hydrogen) atoms. The van der Waals surface area contributed by atoms with Crippen LogP contribution in [0.2, 0.25) is 0 Å². The number of piperazine rings is 1. The molecule has 2 amide bonds. The fourth-order valence-corrected chi connectivity index (χ4v) is 3.51. The lowest BCUT2D eigenvalue weighted by Crippen LogP contribution is -2.53. The zero-order valence-electron chi connectivity index (χ0n) is 13.6. The number of halogens is 1. The molecule has 0 aromatic heterocycles. The zero-order chi connectivity index (χ0) is 16.1. The molecule has 1 saturated carbocycles. The number of carbonyl (C=O) groups is 1. The Morgan fingerprint density at radius 1 is 0.957 bits per heavy atom. The molecule has 1 aromatic rings. The number of anilines is 1. The number of benzene rings is 1. The van der Waals surface area contributed by atoms with Crippen molar-refractivity contribution in [2.24, 2.45) is 0 Å². The summed E-state index contributed by atoms with van der Waals surface area (Å²) in [5.41, 5.74) is 1.02. The van der Waals surface area contributed by atoms with E-state index in [0.29, 0.717) is 6.04 Å². The molecule has 1 saturated heterocycles. The van der Waals surface area contributed by atoms with Gasteiger partial charge in [-0.1, -0.05) is 25.7 Å². The average molecular weight is 319 g/mol. The van der Waals surface area contributed by atoms with Crippen molar-refractivity contribution in [2.45, 2.75) is 44.6 Å². The monoisotopic (exact) mass is 319 g/mol. The van der Waals surface area contributed by atoms with E-state index in [-0.39, 0.29) is 11.8 Å². The van der Waals surface area contributed by atoms with Gasteiger partial charge in [0.15, 0.2) is 0 Å². The minimum Gasteiger partial charge on any atom is -0.368 e. The first kappa shape index (κ1) is 16.1. The predicted octanol–water partition coefficient (Wildman–Crippen LogP) is 3.38. The Bertz CT molecular complexity index is 504. The van der Waals surface area contributed by atoms with Gasteiger partial charge >= 0.3 is 6.03 Å². The Kier molecular flexibility index (Phi) is 5.36. The van der Waals surface area contributed by atoms with E-state index in [1.54, 1.807) is 12.1 Å². The second kappa shape index (κ2) is 7.66. The number of rotatable bonds is 2. The molecule has 0 spiro atoms. The Labute approximate surface area is 137 Å². The Morgan fingerprint density at radius 3 is 2.17 bits per heavy atom. The largest absolute Gasteiger partial charge is 0.368 e. The molecule has 0 atom stereocenters. The van der Waals surface area contributed by atoms with Gasteiger partial charge in [-0.05, 0) is 37.1 Å². The quantitative estimate of drug-likeness (QED) is 0.848. The van der Waals surface area contributed by atoms with Gasteiger partial charge in [0, 0.05) is 37.9 Å². The van der Waals surface area contributed by atoms with E-state index < -0.39 is 0 Å². The molecule has 3 rings (SSSR count). The van der Waals surface area contributed by atoms with Crippen LogP contribution in [-0.2, 0) is 0 Å². The van der Waals surface area contributed by atoms with Crippen molar-refractivity contribution in [3.05, 3.63) is 30.1 Å². The molecule has 126 valence electrons. The van der Waals surface area contributed by atoms with Crippen LogP contribution in [0, 0.1) is 5.82 Å². The Morgan fingerprint density at radius 2 is 1.57 bits per heavy atom. The zero-order valence-corrected chi connectivity index (χ0v) is 13.6. The predicted molar refractivity (Wildman–Crippen MR) is 90.2 cm³/mol. The fourth-order valence-electron chi connectivity index (χ4n) is 3.51. The number of hydrogen-bond acceptors (Lipinski definition) is 2.